The summed E-state index contributed by atoms with van der Waals surface area (Å²) in [5.74, 6) is -1.57. The first-order valence-corrected chi connectivity index (χ1v) is 14.0. The maximum absolute atomic E-state index is 13.8. The molecule has 0 bridgehead atoms. The fourth-order valence-electron chi connectivity index (χ4n) is 5.54. The maximum atomic E-state index is 13.8. The highest BCUT2D eigenvalue weighted by atomic mass is 16.4. The van der Waals surface area contributed by atoms with Crippen molar-refractivity contribution in [3.63, 3.8) is 0 Å². The smallest absolute Gasteiger partial charge is 0.306 e. The van der Waals surface area contributed by atoms with Crippen molar-refractivity contribution in [3.8, 4) is 17.3 Å². The number of para-hydroxylation sites is 1. The zero-order chi connectivity index (χ0) is 30.1. The Balaban J connectivity index is 1.79. The van der Waals surface area contributed by atoms with Crippen molar-refractivity contribution in [2.24, 2.45) is 16.1 Å². The molecule has 3 N–H and O–H groups in total. The van der Waals surface area contributed by atoms with Crippen molar-refractivity contribution in [1.29, 1.82) is 0 Å². The molecule has 9 heteroatoms. The van der Waals surface area contributed by atoms with E-state index in [1.165, 1.54) is 4.57 Å². The van der Waals surface area contributed by atoms with E-state index >= 15 is 0 Å². The zero-order valence-corrected chi connectivity index (χ0v) is 24.7. The molecule has 2 atom stereocenters. The Kier molecular flexibility index (Phi) is 8.68. The van der Waals surface area contributed by atoms with Crippen LogP contribution >= 0.6 is 0 Å². The second-order valence-corrected chi connectivity index (χ2v) is 12.3. The summed E-state index contributed by atoms with van der Waals surface area (Å²) in [4.78, 5) is 27.2. The van der Waals surface area contributed by atoms with Crippen LogP contribution in [0.3, 0.4) is 0 Å². The van der Waals surface area contributed by atoms with Crippen LogP contribution in [0.1, 0.15) is 74.6 Å². The SMILES string of the molecule is Cc1c(CN(C)C)c(O)n(-c2ccc(C(C)(C)C)cc2)c(=O)c1N=Nc1cccc(C2CCCC(C(=O)O)C2)c1O. The van der Waals surface area contributed by atoms with E-state index in [4.69, 9.17) is 0 Å². The number of hydrogen-bond donors (Lipinski definition) is 3. The third-order valence-electron chi connectivity index (χ3n) is 7.93. The van der Waals surface area contributed by atoms with Crippen molar-refractivity contribution in [1.82, 2.24) is 9.47 Å². The molecule has 1 saturated carbocycles. The van der Waals surface area contributed by atoms with Gasteiger partial charge in [0.2, 0.25) is 5.88 Å². The van der Waals surface area contributed by atoms with Crippen LogP contribution in [-0.4, -0.2) is 44.9 Å². The minimum absolute atomic E-state index is 0.0599. The number of rotatable bonds is 7. The van der Waals surface area contributed by atoms with Crippen LogP contribution in [0.2, 0.25) is 0 Å². The zero-order valence-electron chi connectivity index (χ0n) is 24.7. The van der Waals surface area contributed by atoms with E-state index in [0.717, 1.165) is 18.4 Å². The van der Waals surface area contributed by atoms with Crippen molar-refractivity contribution < 1.29 is 20.1 Å². The van der Waals surface area contributed by atoms with Crippen LogP contribution in [0.25, 0.3) is 5.69 Å². The molecule has 1 fully saturated rings. The highest BCUT2D eigenvalue weighted by Gasteiger charge is 2.30. The van der Waals surface area contributed by atoms with E-state index in [0.29, 0.717) is 41.8 Å². The molecule has 0 spiro atoms. The van der Waals surface area contributed by atoms with Crippen LogP contribution in [0.5, 0.6) is 11.6 Å². The third kappa shape index (κ3) is 6.35. The van der Waals surface area contributed by atoms with Gasteiger partial charge in [-0.1, -0.05) is 51.5 Å². The van der Waals surface area contributed by atoms with E-state index in [-0.39, 0.29) is 34.3 Å². The number of phenols is 1. The molecule has 0 radical (unpaired) electrons. The Hall–Kier alpha value is -3.98. The van der Waals surface area contributed by atoms with Gasteiger partial charge in [-0.3, -0.25) is 9.59 Å². The Bertz CT molecular complexity index is 1520. The molecule has 1 heterocycles. The lowest BCUT2D eigenvalue weighted by Crippen LogP contribution is -2.23. The van der Waals surface area contributed by atoms with Gasteiger partial charge in [-0.15, -0.1) is 10.2 Å². The van der Waals surface area contributed by atoms with Gasteiger partial charge in [-0.2, -0.15) is 0 Å². The molecule has 1 aliphatic carbocycles. The maximum Gasteiger partial charge on any atom is 0.306 e. The van der Waals surface area contributed by atoms with Gasteiger partial charge in [-0.25, -0.2) is 4.57 Å². The molecular formula is C32H40N4O5. The van der Waals surface area contributed by atoms with Crippen LogP contribution in [-0.2, 0) is 16.8 Å². The second-order valence-electron chi connectivity index (χ2n) is 12.3. The Morgan fingerprint density at radius 3 is 2.34 bits per heavy atom. The lowest BCUT2D eigenvalue weighted by Gasteiger charge is -2.27. The highest BCUT2D eigenvalue weighted by Crippen LogP contribution is 2.43. The molecule has 1 aromatic heterocycles. The second kappa shape index (κ2) is 11.9. The number of phenolic OH excluding ortho intramolecular Hbond substituents is 1. The largest absolute Gasteiger partial charge is 0.505 e. The minimum atomic E-state index is -0.814. The van der Waals surface area contributed by atoms with Crippen molar-refractivity contribution in [2.75, 3.05) is 14.1 Å². The normalized spacial score (nSPS) is 17.8. The number of aromatic hydroxyl groups is 2. The summed E-state index contributed by atoms with van der Waals surface area (Å²) < 4.78 is 1.25. The predicted molar refractivity (Wildman–Crippen MR) is 159 cm³/mol. The van der Waals surface area contributed by atoms with E-state index in [1.807, 2.05) is 31.1 Å². The molecule has 0 saturated heterocycles. The number of azo groups is 1. The first-order valence-electron chi connectivity index (χ1n) is 14.0. The number of benzene rings is 2. The van der Waals surface area contributed by atoms with Crippen LogP contribution in [0.15, 0.2) is 57.5 Å². The molecule has 2 aromatic carbocycles. The first-order chi connectivity index (χ1) is 19.3. The molecule has 2 unspecified atom stereocenters. The molecule has 41 heavy (non-hydrogen) atoms. The molecule has 3 aromatic rings. The topological polar surface area (TPSA) is 128 Å². The fraction of sp³-hybridized carbons (Fsp3) is 0.438. The van der Waals surface area contributed by atoms with Gasteiger partial charge in [0.15, 0.2) is 5.69 Å². The quantitative estimate of drug-likeness (QED) is 0.276. The molecule has 1 aliphatic rings. The lowest BCUT2D eigenvalue weighted by molar-refractivity contribution is -0.143. The van der Waals surface area contributed by atoms with Gasteiger partial charge in [0.25, 0.3) is 5.56 Å². The van der Waals surface area contributed by atoms with Gasteiger partial charge in [-0.05, 0) is 86.5 Å². The average Bonchev–Trinajstić information content (AvgIpc) is 2.91. The number of aliphatic carboxylic acids is 1. The Labute approximate surface area is 240 Å². The number of pyridine rings is 1. The van der Waals surface area contributed by atoms with Gasteiger partial charge < -0.3 is 20.2 Å². The van der Waals surface area contributed by atoms with Crippen molar-refractivity contribution in [3.05, 3.63) is 75.1 Å². The van der Waals surface area contributed by atoms with E-state index in [2.05, 4.69) is 31.0 Å². The van der Waals surface area contributed by atoms with Crippen molar-refractivity contribution >= 4 is 17.3 Å². The van der Waals surface area contributed by atoms with Gasteiger partial charge >= 0.3 is 5.97 Å². The summed E-state index contributed by atoms with van der Waals surface area (Å²) in [5, 5.41) is 40.5. The monoisotopic (exact) mass is 560 g/mol. The molecule has 0 amide bonds. The number of carboxylic acid groups (broad SMARTS) is 1. The number of aromatic nitrogens is 1. The number of carboxylic acids is 1. The standard InChI is InChI=1S/C32H40N4O5/c1-19-25(18-35(5)6)29(38)36(23-15-13-22(14-16-23)32(2,3)4)30(39)27(19)34-33-26-12-8-11-24(28(26)37)20-9-7-10-21(17-20)31(40)41/h8,11-16,20-21,37-38H,7,9-10,17-18H2,1-6H3,(H,40,41). The fourth-order valence-corrected chi connectivity index (χ4v) is 5.54. The Morgan fingerprint density at radius 1 is 1.05 bits per heavy atom. The van der Waals surface area contributed by atoms with Crippen LogP contribution in [0, 0.1) is 12.8 Å². The summed E-state index contributed by atoms with van der Waals surface area (Å²) in [6.07, 6.45) is 2.63. The van der Waals surface area contributed by atoms with E-state index in [9.17, 15) is 24.9 Å². The number of nitrogens with zero attached hydrogens (tertiary/aromatic N) is 4. The third-order valence-corrected chi connectivity index (χ3v) is 7.93. The number of carbonyl (C=O) groups is 1. The molecule has 0 aliphatic heterocycles. The van der Waals surface area contributed by atoms with Gasteiger partial charge in [0.1, 0.15) is 11.4 Å². The molecule has 218 valence electrons. The molecule has 4 rings (SSSR count). The number of hydrogen-bond acceptors (Lipinski definition) is 7. The van der Waals surface area contributed by atoms with Gasteiger partial charge in [0.05, 0.1) is 11.6 Å². The summed E-state index contributed by atoms with van der Waals surface area (Å²) in [6.45, 7) is 8.41. The minimum Gasteiger partial charge on any atom is -0.505 e. The van der Waals surface area contributed by atoms with Crippen LogP contribution in [0.4, 0.5) is 11.4 Å². The highest BCUT2D eigenvalue weighted by molar-refractivity contribution is 5.70. The Morgan fingerprint density at radius 2 is 1.73 bits per heavy atom. The molecular weight excluding hydrogens is 520 g/mol. The van der Waals surface area contributed by atoms with E-state index in [1.54, 1.807) is 37.3 Å². The van der Waals surface area contributed by atoms with Crippen LogP contribution < -0.4 is 5.56 Å². The average molecular weight is 561 g/mol. The predicted octanol–water partition coefficient (Wildman–Crippen LogP) is 6.69. The van der Waals surface area contributed by atoms with E-state index < -0.39 is 17.4 Å². The summed E-state index contributed by atoms with van der Waals surface area (Å²) in [7, 11) is 3.74. The summed E-state index contributed by atoms with van der Waals surface area (Å²) in [6, 6.07) is 12.7. The lowest BCUT2D eigenvalue weighted by atomic mass is 9.77. The summed E-state index contributed by atoms with van der Waals surface area (Å²) in [5.41, 5.74) is 2.95. The van der Waals surface area contributed by atoms with Crippen molar-refractivity contribution in [2.45, 2.75) is 71.3 Å². The first kappa shape index (κ1) is 30.0. The summed E-state index contributed by atoms with van der Waals surface area (Å²) >= 11 is 0. The van der Waals surface area contributed by atoms with Gasteiger partial charge in [0, 0.05) is 12.1 Å². The molecule has 9 nitrogen and oxygen atoms in total.